The first kappa shape index (κ1) is 12.2. The van der Waals surface area contributed by atoms with Gasteiger partial charge in [0.1, 0.15) is 5.75 Å². The molecule has 0 aliphatic rings. The molecule has 1 heterocycles. The number of nitrogens with one attached hydrogen (secondary N) is 2. The van der Waals surface area contributed by atoms with Crippen LogP contribution in [0.3, 0.4) is 0 Å². The van der Waals surface area contributed by atoms with Gasteiger partial charge in [0.2, 0.25) is 0 Å². The minimum atomic E-state index is -0.174. The van der Waals surface area contributed by atoms with E-state index in [-0.39, 0.29) is 17.7 Å². The van der Waals surface area contributed by atoms with Gasteiger partial charge in [-0.25, -0.2) is 0 Å². The summed E-state index contributed by atoms with van der Waals surface area (Å²) in [5.74, 6) is 0.0150. The third kappa shape index (κ3) is 2.51. The maximum atomic E-state index is 12.0. The van der Waals surface area contributed by atoms with Crippen molar-refractivity contribution in [1.29, 1.82) is 0 Å². The Morgan fingerprint density at radius 2 is 2.28 bits per heavy atom. The molecule has 0 spiro atoms. The number of phenolic OH excluding ortho intramolecular Hbond substituents is 1. The van der Waals surface area contributed by atoms with Gasteiger partial charge in [-0.3, -0.25) is 9.89 Å². The van der Waals surface area contributed by atoms with E-state index in [1.54, 1.807) is 31.5 Å². The second-order valence-electron chi connectivity index (χ2n) is 4.23. The van der Waals surface area contributed by atoms with E-state index in [1.165, 1.54) is 6.07 Å². The molecule has 0 saturated heterocycles. The summed E-state index contributed by atoms with van der Waals surface area (Å²) in [5.41, 5.74) is 2.12. The summed E-state index contributed by atoms with van der Waals surface area (Å²) in [6, 6.07) is 4.66. The number of hydrogen-bond acceptors (Lipinski definition) is 3. The van der Waals surface area contributed by atoms with Crippen LogP contribution >= 0.6 is 0 Å². The molecule has 1 aromatic heterocycles. The number of hydrogen-bond donors (Lipinski definition) is 3. The summed E-state index contributed by atoms with van der Waals surface area (Å²) in [6.45, 7) is 3.64. The minimum absolute atomic E-state index is 0.120. The maximum absolute atomic E-state index is 12.0. The van der Waals surface area contributed by atoms with Crippen LogP contribution in [0.25, 0.3) is 0 Å². The zero-order valence-electron chi connectivity index (χ0n) is 10.3. The first-order valence-corrected chi connectivity index (χ1v) is 5.67. The molecule has 94 valence electrons. The highest BCUT2D eigenvalue weighted by Crippen LogP contribution is 2.18. The first-order valence-electron chi connectivity index (χ1n) is 5.67. The average molecular weight is 245 g/mol. The van der Waals surface area contributed by atoms with Crippen LogP contribution in [0.2, 0.25) is 0 Å². The van der Waals surface area contributed by atoms with Crippen LogP contribution < -0.4 is 5.32 Å². The quantitative estimate of drug-likeness (QED) is 0.773. The van der Waals surface area contributed by atoms with E-state index in [0.29, 0.717) is 11.1 Å². The number of carbonyl (C=O) groups excluding carboxylic acids is 1. The molecule has 0 bridgehead atoms. The number of nitrogens with zero attached hydrogens (tertiary/aromatic N) is 1. The summed E-state index contributed by atoms with van der Waals surface area (Å²) in [4.78, 5) is 12.0. The van der Waals surface area contributed by atoms with Crippen LogP contribution in [0.15, 0.2) is 30.6 Å². The third-order valence-electron chi connectivity index (χ3n) is 2.83. The van der Waals surface area contributed by atoms with Gasteiger partial charge in [0.25, 0.3) is 5.91 Å². The van der Waals surface area contributed by atoms with Crippen LogP contribution in [0.4, 0.5) is 0 Å². The van der Waals surface area contributed by atoms with Gasteiger partial charge < -0.3 is 10.4 Å². The number of carbonyl (C=O) groups is 1. The average Bonchev–Trinajstić information content (AvgIpc) is 2.86. The lowest BCUT2D eigenvalue weighted by molar-refractivity contribution is 0.0940. The fourth-order valence-corrected chi connectivity index (χ4v) is 1.66. The normalized spacial score (nSPS) is 12.1. The van der Waals surface area contributed by atoms with Gasteiger partial charge in [0, 0.05) is 17.3 Å². The van der Waals surface area contributed by atoms with Gasteiger partial charge in [0.15, 0.2) is 0 Å². The summed E-state index contributed by atoms with van der Waals surface area (Å²) < 4.78 is 0. The number of benzene rings is 1. The first-order chi connectivity index (χ1) is 8.58. The largest absolute Gasteiger partial charge is 0.508 e. The predicted molar refractivity (Wildman–Crippen MR) is 67.3 cm³/mol. The highest BCUT2D eigenvalue weighted by molar-refractivity contribution is 5.94. The summed E-state index contributed by atoms with van der Waals surface area (Å²) in [5, 5.41) is 18.8. The Morgan fingerprint density at radius 1 is 1.50 bits per heavy atom. The number of aromatic nitrogens is 2. The second kappa shape index (κ2) is 4.91. The fraction of sp³-hybridized carbons (Fsp3) is 0.231. The van der Waals surface area contributed by atoms with Crippen molar-refractivity contribution in [2.75, 3.05) is 0 Å². The maximum Gasteiger partial charge on any atom is 0.251 e. The molecule has 0 aliphatic carbocycles. The molecule has 18 heavy (non-hydrogen) atoms. The van der Waals surface area contributed by atoms with Gasteiger partial charge in [-0.1, -0.05) is 0 Å². The van der Waals surface area contributed by atoms with Crippen molar-refractivity contribution in [3.05, 3.63) is 47.3 Å². The van der Waals surface area contributed by atoms with Crippen LogP contribution in [-0.4, -0.2) is 21.2 Å². The zero-order valence-corrected chi connectivity index (χ0v) is 10.3. The number of aromatic amines is 1. The van der Waals surface area contributed by atoms with Crippen molar-refractivity contribution >= 4 is 5.91 Å². The fourth-order valence-electron chi connectivity index (χ4n) is 1.66. The van der Waals surface area contributed by atoms with Gasteiger partial charge >= 0.3 is 0 Å². The molecule has 0 aliphatic heterocycles. The van der Waals surface area contributed by atoms with Crippen LogP contribution in [0.5, 0.6) is 5.75 Å². The van der Waals surface area contributed by atoms with Crippen molar-refractivity contribution in [2.45, 2.75) is 19.9 Å². The third-order valence-corrected chi connectivity index (χ3v) is 2.83. The molecule has 1 unspecified atom stereocenters. The molecule has 5 heteroatoms. The van der Waals surface area contributed by atoms with Gasteiger partial charge in [-0.05, 0) is 37.6 Å². The van der Waals surface area contributed by atoms with Gasteiger partial charge in [-0.2, -0.15) is 5.10 Å². The Labute approximate surface area is 105 Å². The van der Waals surface area contributed by atoms with Crippen LogP contribution in [-0.2, 0) is 0 Å². The standard InChI is InChI=1S/C13H15N3O2/c1-8-5-10(3-4-12(8)17)13(18)16-9(2)11-6-14-15-7-11/h3-7,9,17H,1-2H3,(H,14,15)(H,16,18). The molecule has 2 rings (SSSR count). The van der Waals surface area contributed by atoms with E-state index in [1.807, 2.05) is 6.92 Å². The van der Waals surface area contributed by atoms with E-state index in [0.717, 1.165) is 5.56 Å². The molecule has 2 aromatic rings. The molecule has 1 atom stereocenters. The highest BCUT2D eigenvalue weighted by Gasteiger charge is 2.12. The van der Waals surface area contributed by atoms with E-state index < -0.39 is 0 Å². The number of rotatable bonds is 3. The summed E-state index contributed by atoms with van der Waals surface area (Å²) in [6.07, 6.45) is 3.42. The van der Waals surface area contributed by atoms with Crippen LogP contribution in [0, 0.1) is 6.92 Å². The lowest BCUT2D eigenvalue weighted by atomic mass is 10.1. The number of H-pyrrole nitrogens is 1. The Balaban J connectivity index is 2.10. The lowest BCUT2D eigenvalue weighted by Crippen LogP contribution is -2.26. The number of amides is 1. The Kier molecular flexibility index (Phi) is 3.32. The summed E-state index contributed by atoms with van der Waals surface area (Å²) >= 11 is 0. The van der Waals surface area contributed by atoms with Gasteiger partial charge in [0.05, 0.1) is 12.2 Å². The van der Waals surface area contributed by atoms with E-state index in [2.05, 4.69) is 15.5 Å². The molecule has 0 radical (unpaired) electrons. The summed E-state index contributed by atoms with van der Waals surface area (Å²) in [7, 11) is 0. The molecule has 0 fully saturated rings. The highest BCUT2D eigenvalue weighted by atomic mass is 16.3. The van der Waals surface area contributed by atoms with E-state index in [9.17, 15) is 9.90 Å². The Hall–Kier alpha value is -2.30. The predicted octanol–water partition coefficient (Wildman–Crippen LogP) is 1.91. The SMILES string of the molecule is Cc1cc(C(=O)NC(C)c2cn[nH]c2)ccc1O. The van der Waals surface area contributed by atoms with Crippen molar-refractivity contribution in [2.24, 2.45) is 0 Å². The molecular weight excluding hydrogens is 230 g/mol. The topological polar surface area (TPSA) is 78.0 Å². The molecule has 0 saturated carbocycles. The zero-order chi connectivity index (χ0) is 13.1. The van der Waals surface area contributed by atoms with Crippen molar-refractivity contribution in [3.8, 4) is 5.75 Å². The number of phenols is 1. The van der Waals surface area contributed by atoms with E-state index in [4.69, 9.17) is 0 Å². The van der Waals surface area contributed by atoms with Crippen LogP contribution in [0.1, 0.15) is 34.5 Å². The number of aryl methyl sites for hydroxylation is 1. The molecule has 5 nitrogen and oxygen atoms in total. The van der Waals surface area contributed by atoms with Crippen molar-refractivity contribution < 1.29 is 9.90 Å². The molecule has 3 N–H and O–H groups in total. The Bertz CT molecular complexity index is 549. The smallest absolute Gasteiger partial charge is 0.251 e. The van der Waals surface area contributed by atoms with Gasteiger partial charge in [-0.15, -0.1) is 0 Å². The lowest BCUT2D eigenvalue weighted by Gasteiger charge is -2.12. The molecule has 1 aromatic carbocycles. The monoisotopic (exact) mass is 245 g/mol. The number of aromatic hydroxyl groups is 1. The van der Waals surface area contributed by atoms with Crippen molar-refractivity contribution in [3.63, 3.8) is 0 Å². The Morgan fingerprint density at radius 3 is 2.89 bits per heavy atom. The van der Waals surface area contributed by atoms with Crippen molar-refractivity contribution in [1.82, 2.24) is 15.5 Å². The molecule has 1 amide bonds. The second-order valence-corrected chi connectivity index (χ2v) is 4.23. The minimum Gasteiger partial charge on any atom is -0.508 e. The van der Waals surface area contributed by atoms with E-state index >= 15 is 0 Å². The molecular formula is C13H15N3O2.